The Balaban J connectivity index is 1.62. The summed E-state index contributed by atoms with van der Waals surface area (Å²) in [6, 6.07) is 4.70. The zero-order valence-corrected chi connectivity index (χ0v) is 18.5. The number of hydrazone groups is 1. The van der Waals surface area contributed by atoms with Crippen LogP contribution in [-0.2, 0) is 16.4 Å². The molecule has 1 aliphatic heterocycles. The van der Waals surface area contributed by atoms with E-state index < -0.39 is 15.8 Å². The number of piperidine rings is 1. The Labute approximate surface area is 181 Å². The lowest BCUT2D eigenvalue weighted by molar-refractivity contribution is 0.0600. The van der Waals surface area contributed by atoms with Gasteiger partial charge in [0.1, 0.15) is 11.6 Å². The molecule has 2 aliphatic rings. The first kappa shape index (κ1) is 21.5. The van der Waals surface area contributed by atoms with E-state index >= 15 is 0 Å². The number of amides is 1. The maximum atomic E-state index is 13.1. The molecule has 1 aliphatic carbocycles. The standard InChI is InChI=1S/C22H26FN3O4S/c1-14-6-3-4-13-26(14)22(27)21-15(2)20-18(7-5-8-19(20)30-21)24-25-31(28,29)17-11-9-16(23)10-12-17/h9-12,14,25H,3-8,13H2,1-2H3/b24-18+. The summed E-state index contributed by atoms with van der Waals surface area (Å²) in [5.74, 6) is 0.341. The van der Waals surface area contributed by atoms with E-state index in [-0.39, 0.29) is 16.8 Å². The van der Waals surface area contributed by atoms with Gasteiger partial charge in [-0.15, -0.1) is 0 Å². The molecule has 0 spiro atoms. The Hall–Kier alpha value is -2.68. The fraction of sp³-hybridized carbons (Fsp3) is 0.455. The maximum Gasteiger partial charge on any atom is 0.290 e. The minimum absolute atomic E-state index is 0.0758. The van der Waals surface area contributed by atoms with Crippen LogP contribution in [0.4, 0.5) is 4.39 Å². The lowest BCUT2D eigenvalue weighted by Crippen LogP contribution is -2.42. The minimum atomic E-state index is -3.94. The highest BCUT2D eigenvalue weighted by Gasteiger charge is 2.32. The lowest BCUT2D eigenvalue weighted by Gasteiger charge is -2.32. The van der Waals surface area contributed by atoms with E-state index in [0.717, 1.165) is 37.8 Å². The second kappa shape index (κ2) is 8.45. The number of hydrogen-bond acceptors (Lipinski definition) is 5. The van der Waals surface area contributed by atoms with Crippen molar-refractivity contribution in [2.24, 2.45) is 5.10 Å². The lowest BCUT2D eigenvalue weighted by atomic mass is 9.93. The molecule has 7 nitrogen and oxygen atoms in total. The molecular weight excluding hydrogens is 421 g/mol. The molecule has 0 saturated carbocycles. The normalized spacial score (nSPS) is 20.5. The maximum absolute atomic E-state index is 13.1. The highest BCUT2D eigenvalue weighted by Crippen LogP contribution is 2.31. The number of nitrogens with zero attached hydrogens (tertiary/aromatic N) is 2. The number of nitrogens with one attached hydrogen (secondary N) is 1. The minimum Gasteiger partial charge on any atom is -0.455 e. The van der Waals surface area contributed by atoms with Gasteiger partial charge in [0.25, 0.3) is 15.9 Å². The van der Waals surface area contributed by atoms with Gasteiger partial charge in [-0.3, -0.25) is 4.79 Å². The molecule has 1 aromatic carbocycles. The van der Waals surface area contributed by atoms with Gasteiger partial charge >= 0.3 is 0 Å². The molecule has 1 N–H and O–H groups in total. The number of fused-ring (bicyclic) bond motifs is 1. The first-order valence-corrected chi connectivity index (χ1v) is 12.0. The molecule has 1 unspecified atom stereocenters. The molecule has 2 heterocycles. The topological polar surface area (TPSA) is 92.0 Å². The average Bonchev–Trinajstić information content (AvgIpc) is 3.10. The smallest absolute Gasteiger partial charge is 0.290 e. The molecule has 0 bridgehead atoms. The van der Waals surface area contributed by atoms with Crippen LogP contribution in [0.3, 0.4) is 0 Å². The van der Waals surface area contributed by atoms with Crippen molar-refractivity contribution in [3.8, 4) is 0 Å². The molecule has 1 fully saturated rings. The Kier molecular flexibility index (Phi) is 5.88. The molecule has 1 saturated heterocycles. The number of carbonyl (C=O) groups excluding carboxylic acids is 1. The summed E-state index contributed by atoms with van der Waals surface area (Å²) in [6.07, 6.45) is 5.04. The van der Waals surface area contributed by atoms with Crippen LogP contribution in [0.25, 0.3) is 0 Å². The van der Waals surface area contributed by atoms with Crippen molar-refractivity contribution in [2.75, 3.05) is 6.54 Å². The predicted octanol–water partition coefficient (Wildman–Crippen LogP) is 3.76. The van der Waals surface area contributed by atoms with Crippen molar-refractivity contribution in [1.29, 1.82) is 0 Å². The highest BCUT2D eigenvalue weighted by atomic mass is 32.2. The first-order chi connectivity index (χ1) is 14.8. The summed E-state index contributed by atoms with van der Waals surface area (Å²) in [5.41, 5.74) is 1.94. The number of benzene rings is 1. The summed E-state index contributed by atoms with van der Waals surface area (Å²) >= 11 is 0. The van der Waals surface area contributed by atoms with Crippen LogP contribution < -0.4 is 4.83 Å². The third-order valence-electron chi connectivity index (χ3n) is 6.01. The van der Waals surface area contributed by atoms with E-state index in [2.05, 4.69) is 9.93 Å². The number of hydrogen-bond donors (Lipinski definition) is 1. The van der Waals surface area contributed by atoms with E-state index in [9.17, 15) is 17.6 Å². The van der Waals surface area contributed by atoms with Gasteiger partial charge in [0.05, 0.1) is 10.6 Å². The van der Waals surface area contributed by atoms with Crippen molar-refractivity contribution in [1.82, 2.24) is 9.73 Å². The van der Waals surface area contributed by atoms with E-state index in [1.807, 2.05) is 18.7 Å². The summed E-state index contributed by atoms with van der Waals surface area (Å²) in [6.45, 7) is 4.58. The summed E-state index contributed by atoms with van der Waals surface area (Å²) in [5, 5.41) is 4.16. The molecule has 31 heavy (non-hydrogen) atoms. The number of furan rings is 1. The van der Waals surface area contributed by atoms with Crippen LogP contribution in [0, 0.1) is 12.7 Å². The van der Waals surface area contributed by atoms with E-state index in [0.29, 0.717) is 47.7 Å². The molecular formula is C22H26FN3O4S. The second-order valence-corrected chi connectivity index (χ2v) is 9.82. The molecule has 0 radical (unpaired) electrons. The largest absolute Gasteiger partial charge is 0.455 e. The highest BCUT2D eigenvalue weighted by molar-refractivity contribution is 7.89. The van der Waals surface area contributed by atoms with Gasteiger partial charge in [0.15, 0.2) is 5.76 Å². The molecule has 1 aromatic heterocycles. The van der Waals surface area contributed by atoms with Gasteiger partial charge in [-0.2, -0.15) is 18.4 Å². The van der Waals surface area contributed by atoms with E-state index in [4.69, 9.17) is 4.42 Å². The number of likely N-dealkylation sites (tertiary alicyclic amines) is 1. The molecule has 2 aromatic rings. The van der Waals surface area contributed by atoms with Crippen molar-refractivity contribution >= 4 is 21.6 Å². The summed E-state index contributed by atoms with van der Waals surface area (Å²) < 4.78 is 44.1. The first-order valence-electron chi connectivity index (χ1n) is 10.6. The number of aryl methyl sites for hydroxylation is 1. The summed E-state index contributed by atoms with van der Waals surface area (Å²) in [4.78, 5) is 17.2. The third kappa shape index (κ3) is 4.23. The van der Waals surface area contributed by atoms with Crippen LogP contribution in [0.5, 0.6) is 0 Å². The second-order valence-electron chi connectivity index (χ2n) is 8.16. The van der Waals surface area contributed by atoms with Crippen LogP contribution in [-0.4, -0.2) is 37.5 Å². The van der Waals surface area contributed by atoms with Crippen LogP contribution >= 0.6 is 0 Å². The van der Waals surface area contributed by atoms with Crippen molar-refractivity contribution < 1.29 is 22.0 Å². The van der Waals surface area contributed by atoms with E-state index in [1.165, 1.54) is 12.1 Å². The van der Waals surface area contributed by atoms with Crippen LogP contribution in [0.1, 0.15) is 66.5 Å². The fourth-order valence-corrected chi connectivity index (χ4v) is 5.13. The Morgan fingerprint density at radius 3 is 2.65 bits per heavy atom. The van der Waals surface area contributed by atoms with E-state index in [1.54, 1.807) is 0 Å². The van der Waals surface area contributed by atoms with Crippen LogP contribution in [0.15, 0.2) is 38.7 Å². The molecule has 9 heteroatoms. The van der Waals surface area contributed by atoms with Crippen molar-refractivity contribution in [3.05, 3.63) is 52.7 Å². The van der Waals surface area contributed by atoms with Crippen molar-refractivity contribution in [2.45, 2.75) is 63.3 Å². The molecule has 4 rings (SSSR count). The van der Waals surface area contributed by atoms with Gasteiger partial charge in [-0.1, -0.05) is 0 Å². The Morgan fingerprint density at radius 1 is 1.19 bits per heavy atom. The third-order valence-corrected chi connectivity index (χ3v) is 7.23. The van der Waals surface area contributed by atoms with Crippen molar-refractivity contribution in [3.63, 3.8) is 0 Å². The summed E-state index contributed by atoms with van der Waals surface area (Å²) in [7, 11) is -3.94. The number of sulfonamides is 1. The number of halogens is 1. The number of rotatable bonds is 4. The zero-order valence-electron chi connectivity index (χ0n) is 17.7. The monoisotopic (exact) mass is 447 g/mol. The van der Waals surface area contributed by atoms with Gasteiger partial charge in [0.2, 0.25) is 0 Å². The number of carbonyl (C=O) groups is 1. The fourth-order valence-electron chi connectivity index (χ4n) is 4.30. The van der Waals surface area contributed by atoms with Gasteiger partial charge < -0.3 is 9.32 Å². The quantitative estimate of drug-likeness (QED) is 0.723. The molecule has 1 atom stereocenters. The molecule has 1 amide bonds. The van der Waals surface area contributed by atoms with Crippen LogP contribution in [0.2, 0.25) is 0 Å². The average molecular weight is 448 g/mol. The predicted molar refractivity (Wildman–Crippen MR) is 114 cm³/mol. The van der Waals surface area contributed by atoms with Gasteiger partial charge in [0, 0.05) is 30.1 Å². The van der Waals surface area contributed by atoms with Gasteiger partial charge in [-0.25, -0.2) is 4.39 Å². The Morgan fingerprint density at radius 2 is 1.94 bits per heavy atom. The Bertz CT molecular complexity index is 1120. The molecule has 166 valence electrons. The van der Waals surface area contributed by atoms with Gasteiger partial charge in [-0.05, 0) is 70.2 Å². The SMILES string of the molecule is Cc1c(C(=O)N2CCCCC2C)oc2c1/C(=N/NS(=O)(=O)c1ccc(F)cc1)CCC2. The zero-order chi connectivity index (χ0) is 22.2.